The Balaban J connectivity index is 1.70. The third-order valence-corrected chi connectivity index (χ3v) is 7.40. The van der Waals surface area contributed by atoms with E-state index in [-0.39, 0.29) is 0 Å². The van der Waals surface area contributed by atoms with Crippen LogP contribution in [0, 0.1) is 0 Å². The van der Waals surface area contributed by atoms with Crippen LogP contribution >= 0.6 is 35.0 Å². The number of fused-ring (bicyclic) bond motifs is 3. The Kier molecular flexibility index (Phi) is 4.50. The van der Waals surface area contributed by atoms with Crippen LogP contribution < -0.4 is 4.90 Å². The summed E-state index contributed by atoms with van der Waals surface area (Å²) in [6.07, 6.45) is 2.11. The van der Waals surface area contributed by atoms with Gasteiger partial charge in [-0.1, -0.05) is 71.4 Å². The molecule has 2 aromatic heterocycles. The summed E-state index contributed by atoms with van der Waals surface area (Å²) >= 11 is 14.4. The van der Waals surface area contributed by atoms with Gasteiger partial charge in [-0.25, -0.2) is 0 Å². The predicted octanol–water partition coefficient (Wildman–Crippen LogP) is 8.85. The van der Waals surface area contributed by atoms with Gasteiger partial charge in [-0.2, -0.15) is 0 Å². The summed E-state index contributed by atoms with van der Waals surface area (Å²) in [4.78, 5) is 4.81. The average Bonchev–Trinajstić information content (AvgIpc) is 3.18. The molecule has 0 amide bonds. The molecule has 3 heterocycles. The summed E-state index contributed by atoms with van der Waals surface area (Å²) in [6.45, 7) is 0. The van der Waals surface area contributed by atoms with Crippen molar-refractivity contribution < 1.29 is 0 Å². The highest BCUT2D eigenvalue weighted by Gasteiger charge is 2.28. The van der Waals surface area contributed by atoms with Crippen molar-refractivity contribution in [3.8, 4) is 11.1 Å². The number of para-hydroxylation sites is 2. The fourth-order valence-corrected chi connectivity index (χ4v) is 5.50. The van der Waals surface area contributed by atoms with Crippen molar-refractivity contribution in [2.75, 3.05) is 4.90 Å². The number of nitrogens with zero attached hydrogens (tertiary/aromatic N) is 2. The van der Waals surface area contributed by atoms with Crippen LogP contribution in [0.25, 0.3) is 16.6 Å². The van der Waals surface area contributed by atoms with Crippen molar-refractivity contribution in [2.24, 2.45) is 0 Å². The Morgan fingerprint density at radius 3 is 2.03 bits per heavy atom. The molecule has 0 saturated heterocycles. The number of aromatic nitrogens is 1. The van der Waals surface area contributed by atoms with Crippen molar-refractivity contribution in [3.05, 3.63) is 107 Å². The molecule has 0 N–H and O–H groups in total. The summed E-state index contributed by atoms with van der Waals surface area (Å²) in [5, 5.41) is 1.11. The molecule has 0 aliphatic carbocycles. The van der Waals surface area contributed by atoms with Gasteiger partial charge in [0.2, 0.25) is 0 Å². The van der Waals surface area contributed by atoms with Crippen LogP contribution in [0.1, 0.15) is 0 Å². The lowest BCUT2D eigenvalue weighted by atomic mass is 10.1. The van der Waals surface area contributed by atoms with Crippen LogP contribution in [0.2, 0.25) is 10.0 Å². The smallest absolute Gasteiger partial charge is 0.130 e. The fraction of sp³-hybridized carbons (Fsp3) is 0. The zero-order chi connectivity index (χ0) is 20.9. The summed E-state index contributed by atoms with van der Waals surface area (Å²) in [6, 6.07) is 31.4. The van der Waals surface area contributed by atoms with Crippen molar-refractivity contribution in [3.63, 3.8) is 0 Å². The van der Waals surface area contributed by atoms with Gasteiger partial charge in [-0.3, -0.25) is 4.90 Å². The molecular weight excluding hydrogens is 443 g/mol. The normalized spacial score (nSPS) is 12.6. The molecule has 2 nitrogen and oxygen atoms in total. The van der Waals surface area contributed by atoms with E-state index < -0.39 is 0 Å². The number of pyridine rings is 1. The summed E-state index contributed by atoms with van der Waals surface area (Å²) in [5.74, 6) is 1.08. The Morgan fingerprint density at radius 1 is 0.645 bits per heavy atom. The minimum atomic E-state index is 0.551. The fourth-order valence-electron chi connectivity index (χ4n) is 4.15. The number of hydrogen-bond donors (Lipinski definition) is 0. The standard InChI is InChI=1S/C26H16Cl2N2S/c27-20-13-12-17(15-21(20)28)19-16-18-7-5-6-14-29(18)26(19)30-22-8-1-3-10-24(22)31-25-11-4-2-9-23(25)30/h1-16H. The van der Waals surface area contributed by atoms with E-state index in [0.29, 0.717) is 10.0 Å². The van der Waals surface area contributed by atoms with Gasteiger partial charge in [0, 0.05) is 27.1 Å². The maximum atomic E-state index is 6.41. The van der Waals surface area contributed by atoms with Crippen LogP contribution in [-0.4, -0.2) is 4.40 Å². The maximum Gasteiger partial charge on any atom is 0.130 e. The molecule has 3 aromatic carbocycles. The molecule has 0 fully saturated rings. The van der Waals surface area contributed by atoms with Gasteiger partial charge < -0.3 is 4.40 Å². The molecule has 0 unspecified atom stereocenters. The van der Waals surface area contributed by atoms with E-state index >= 15 is 0 Å². The zero-order valence-electron chi connectivity index (χ0n) is 16.3. The van der Waals surface area contributed by atoms with Crippen LogP contribution in [-0.2, 0) is 0 Å². The lowest BCUT2D eigenvalue weighted by Gasteiger charge is -2.33. The Bertz CT molecular complexity index is 1410. The van der Waals surface area contributed by atoms with Gasteiger partial charge in [0.1, 0.15) is 5.82 Å². The lowest BCUT2D eigenvalue weighted by molar-refractivity contribution is 1.08. The van der Waals surface area contributed by atoms with Crippen LogP contribution in [0.4, 0.5) is 17.2 Å². The van der Waals surface area contributed by atoms with Crippen LogP contribution in [0.15, 0.2) is 107 Å². The van der Waals surface area contributed by atoms with E-state index in [4.69, 9.17) is 23.2 Å². The number of halogens is 2. The third-order valence-electron chi connectivity index (χ3n) is 5.53. The lowest BCUT2D eigenvalue weighted by Crippen LogP contribution is -2.17. The predicted molar refractivity (Wildman–Crippen MR) is 132 cm³/mol. The monoisotopic (exact) mass is 458 g/mol. The maximum absolute atomic E-state index is 6.41. The molecule has 1 aliphatic heterocycles. The molecule has 0 saturated carbocycles. The first-order valence-corrected chi connectivity index (χ1v) is 11.5. The molecule has 0 spiro atoms. The Labute approximate surface area is 194 Å². The second kappa shape index (κ2) is 7.38. The molecule has 0 atom stereocenters. The van der Waals surface area contributed by atoms with Gasteiger partial charge in [-0.05, 0) is 60.2 Å². The summed E-state index contributed by atoms with van der Waals surface area (Å²) < 4.78 is 2.24. The second-order valence-corrected chi connectivity index (χ2v) is 9.28. The minimum absolute atomic E-state index is 0.551. The number of anilines is 3. The largest absolute Gasteiger partial charge is 0.302 e. The average molecular weight is 459 g/mol. The Hall–Kier alpha value is -2.85. The highest BCUT2D eigenvalue weighted by molar-refractivity contribution is 7.99. The molecule has 31 heavy (non-hydrogen) atoms. The summed E-state index contributed by atoms with van der Waals surface area (Å²) in [7, 11) is 0. The molecule has 0 radical (unpaired) electrons. The van der Waals surface area contributed by atoms with Gasteiger partial charge >= 0.3 is 0 Å². The van der Waals surface area contributed by atoms with Gasteiger partial charge in [0.05, 0.1) is 21.4 Å². The SMILES string of the molecule is Clc1ccc(-c2cc3ccccn3c2N2c3ccccc3Sc3ccccc32)cc1Cl. The first-order valence-electron chi connectivity index (χ1n) is 9.92. The van der Waals surface area contributed by atoms with Crippen LogP contribution in [0.3, 0.4) is 0 Å². The molecule has 6 rings (SSSR count). The van der Waals surface area contributed by atoms with Crippen molar-refractivity contribution in [1.29, 1.82) is 0 Å². The van der Waals surface area contributed by atoms with Gasteiger partial charge in [0.25, 0.3) is 0 Å². The van der Waals surface area contributed by atoms with Crippen molar-refractivity contribution in [2.45, 2.75) is 9.79 Å². The Morgan fingerprint density at radius 2 is 1.32 bits per heavy atom. The molecule has 1 aliphatic rings. The minimum Gasteiger partial charge on any atom is -0.302 e. The first kappa shape index (κ1) is 18.9. The highest BCUT2D eigenvalue weighted by atomic mass is 35.5. The van der Waals surface area contributed by atoms with Crippen molar-refractivity contribution in [1.82, 2.24) is 4.40 Å². The van der Waals surface area contributed by atoms with Gasteiger partial charge in [-0.15, -0.1) is 0 Å². The molecular formula is C26H16Cl2N2S. The van der Waals surface area contributed by atoms with Gasteiger partial charge in [0.15, 0.2) is 0 Å². The van der Waals surface area contributed by atoms with E-state index in [1.807, 2.05) is 18.2 Å². The van der Waals surface area contributed by atoms with E-state index in [1.54, 1.807) is 11.8 Å². The second-order valence-electron chi connectivity index (χ2n) is 7.38. The third kappa shape index (κ3) is 3.04. The summed E-state index contributed by atoms with van der Waals surface area (Å²) in [5.41, 5.74) is 5.57. The topological polar surface area (TPSA) is 7.65 Å². The highest BCUT2D eigenvalue weighted by Crippen LogP contribution is 2.53. The van der Waals surface area contributed by atoms with Crippen LogP contribution in [0.5, 0.6) is 0 Å². The van der Waals surface area contributed by atoms with E-state index in [1.165, 1.54) is 9.79 Å². The van der Waals surface area contributed by atoms with E-state index in [0.717, 1.165) is 33.8 Å². The van der Waals surface area contributed by atoms with E-state index in [9.17, 15) is 0 Å². The number of rotatable bonds is 2. The number of hydrogen-bond acceptors (Lipinski definition) is 2. The van der Waals surface area contributed by atoms with E-state index in [2.05, 4.69) is 88.3 Å². The molecule has 0 bridgehead atoms. The molecule has 5 heteroatoms. The molecule has 150 valence electrons. The quantitative estimate of drug-likeness (QED) is 0.255. The zero-order valence-corrected chi connectivity index (χ0v) is 18.6. The number of benzene rings is 3. The first-order chi connectivity index (χ1) is 15.2. The molecule has 5 aromatic rings. The van der Waals surface area contributed by atoms with Crippen molar-refractivity contribution >= 4 is 57.7 Å².